The van der Waals surface area contributed by atoms with Gasteiger partial charge in [-0.1, -0.05) is 31.2 Å². The molecule has 2 aromatic rings. The van der Waals surface area contributed by atoms with Gasteiger partial charge in [0, 0.05) is 19.6 Å². The first kappa shape index (κ1) is 21.0. The van der Waals surface area contributed by atoms with Gasteiger partial charge in [0.15, 0.2) is 0 Å². The van der Waals surface area contributed by atoms with Crippen LogP contribution >= 0.6 is 0 Å². The highest BCUT2D eigenvalue weighted by atomic mass is 19.1. The lowest BCUT2D eigenvalue weighted by Crippen LogP contribution is -2.40. The van der Waals surface area contributed by atoms with Crippen LogP contribution in [0.15, 0.2) is 48.5 Å². The molecule has 1 heterocycles. The number of halogens is 1. The third kappa shape index (κ3) is 5.87. The van der Waals surface area contributed by atoms with Crippen molar-refractivity contribution < 1.29 is 14.0 Å². The average molecular weight is 397 g/mol. The molecule has 0 spiro atoms. The molecule has 2 N–H and O–H groups in total. The third-order valence-electron chi connectivity index (χ3n) is 5.16. The summed E-state index contributed by atoms with van der Waals surface area (Å²) in [6.45, 7) is 4.85. The average Bonchev–Trinajstić information content (AvgIpc) is 2.74. The minimum absolute atomic E-state index is 0.0652. The van der Waals surface area contributed by atoms with E-state index < -0.39 is 0 Å². The van der Waals surface area contributed by atoms with Crippen molar-refractivity contribution in [2.45, 2.75) is 32.7 Å². The van der Waals surface area contributed by atoms with Crippen LogP contribution in [0.1, 0.15) is 42.1 Å². The molecule has 1 atom stereocenters. The minimum Gasteiger partial charge on any atom is -0.352 e. The van der Waals surface area contributed by atoms with Crippen molar-refractivity contribution in [1.82, 2.24) is 10.2 Å². The van der Waals surface area contributed by atoms with Crippen molar-refractivity contribution >= 4 is 17.5 Å². The van der Waals surface area contributed by atoms with Crippen LogP contribution in [0.5, 0.6) is 0 Å². The van der Waals surface area contributed by atoms with Crippen LogP contribution in [0, 0.1) is 11.7 Å². The second-order valence-electron chi connectivity index (χ2n) is 7.49. The standard InChI is InChI=1S/C23H28FN3O2/c1-2-13-25-23(29)20-7-3-4-8-21(20)26-22(28)18-6-5-14-27(16-18)15-17-9-11-19(24)12-10-17/h3-4,7-12,18H,2,5-6,13-16H2,1H3,(H,25,29)(H,26,28). The Labute approximate surface area is 171 Å². The second-order valence-corrected chi connectivity index (χ2v) is 7.49. The number of piperidine rings is 1. The molecule has 6 heteroatoms. The fourth-order valence-corrected chi connectivity index (χ4v) is 3.62. The van der Waals surface area contributed by atoms with Gasteiger partial charge in [-0.3, -0.25) is 14.5 Å². The maximum absolute atomic E-state index is 13.1. The van der Waals surface area contributed by atoms with Crippen molar-refractivity contribution in [3.8, 4) is 0 Å². The molecule has 3 rings (SSSR count). The summed E-state index contributed by atoms with van der Waals surface area (Å²) < 4.78 is 13.1. The molecule has 1 aliphatic rings. The van der Waals surface area contributed by atoms with E-state index in [1.165, 1.54) is 12.1 Å². The number of rotatable bonds is 7. The Bertz CT molecular complexity index is 838. The molecule has 0 aromatic heterocycles. The van der Waals surface area contributed by atoms with Gasteiger partial charge in [-0.25, -0.2) is 4.39 Å². The van der Waals surface area contributed by atoms with Crippen molar-refractivity contribution in [3.63, 3.8) is 0 Å². The molecule has 1 unspecified atom stereocenters. The van der Waals surface area contributed by atoms with Gasteiger partial charge >= 0.3 is 0 Å². The predicted molar refractivity (Wildman–Crippen MR) is 112 cm³/mol. The van der Waals surface area contributed by atoms with E-state index >= 15 is 0 Å². The van der Waals surface area contributed by atoms with Crippen LogP contribution in [-0.4, -0.2) is 36.3 Å². The molecule has 154 valence electrons. The maximum Gasteiger partial charge on any atom is 0.253 e. The zero-order chi connectivity index (χ0) is 20.6. The van der Waals surface area contributed by atoms with Crippen LogP contribution in [-0.2, 0) is 11.3 Å². The van der Waals surface area contributed by atoms with Gasteiger partial charge < -0.3 is 10.6 Å². The Balaban J connectivity index is 1.62. The van der Waals surface area contributed by atoms with Crippen LogP contribution < -0.4 is 10.6 Å². The molecule has 0 bridgehead atoms. The van der Waals surface area contributed by atoms with Gasteiger partial charge in [-0.15, -0.1) is 0 Å². The van der Waals surface area contributed by atoms with E-state index in [0.717, 1.165) is 31.4 Å². The molecule has 2 amide bonds. The number of hydrogen-bond donors (Lipinski definition) is 2. The maximum atomic E-state index is 13.1. The molecule has 1 fully saturated rings. The quantitative estimate of drug-likeness (QED) is 0.747. The Kier molecular flexibility index (Phi) is 7.36. The first-order valence-electron chi connectivity index (χ1n) is 10.2. The fourth-order valence-electron chi connectivity index (χ4n) is 3.62. The molecule has 1 aliphatic heterocycles. The fraction of sp³-hybridized carbons (Fsp3) is 0.391. The van der Waals surface area contributed by atoms with Gasteiger partial charge in [0.1, 0.15) is 5.82 Å². The molecule has 5 nitrogen and oxygen atoms in total. The first-order chi connectivity index (χ1) is 14.1. The molecular formula is C23H28FN3O2. The lowest BCUT2D eigenvalue weighted by Gasteiger charge is -2.32. The van der Waals surface area contributed by atoms with Gasteiger partial charge in [-0.2, -0.15) is 0 Å². The zero-order valence-corrected chi connectivity index (χ0v) is 16.8. The number of amides is 2. The molecule has 2 aromatic carbocycles. The predicted octanol–water partition coefficient (Wildman–Crippen LogP) is 3.82. The number of para-hydroxylation sites is 1. The third-order valence-corrected chi connectivity index (χ3v) is 5.16. The SMILES string of the molecule is CCCNC(=O)c1ccccc1NC(=O)C1CCCN(Cc2ccc(F)cc2)C1. The molecular weight excluding hydrogens is 369 g/mol. The van der Waals surface area contributed by atoms with Crippen LogP contribution in [0.2, 0.25) is 0 Å². The molecule has 1 saturated heterocycles. The van der Waals surface area contributed by atoms with Crippen LogP contribution in [0.25, 0.3) is 0 Å². The van der Waals surface area contributed by atoms with Crippen molar-refractivity contribution in [3.05, 3.63) is 65.5 Å². The number of hydrogen-bond acceptors (Lipinski definition) is 3. The van der Waals surface area contributed by atoms with Gasteiger partial charge in [0.25, 0.3) is 5.91 Å². The summed E-state index contributed by atoms with van der Waals surface area (Å²) in [6, 6.07) is 13.6. The largest absolute Gasteiger partial charge is 0.352 e. The Morgan fingerprint density at radius 2 is 1.90 bits per heavy atom. The summed E-state index contributed by atoms with van der Waals surface area (Å²) in [4.78, 5) is 27.5. The zero-order valence-electron chi connectivity index (χ0n) is 16.8. The number of benzene rings is 2. The summed E-state index contributed by atoms with van der Waals surface area (Å²) in [7, 11) is 0. The van der Waals surface area contributed by atoms with Gasteiger partial charge in [0.05, 0.1) is 17.2 Å². The number of likely N-dealkylation sites (tertiary alicyclic amines) is 1. The van der Waals surface area contributed by atoms with Crippen molar-refractivity contribution in [2.75, 3.05) is 25.0 Å². The lowest BCUT2D eigenvalue weighted by atomic mass is 9.96. The normalized spacial score (nSPS) is 17.0. The number of nitrogens with one attached hydrogen (secondary N) is 2. The van der Waals surface area contributed by atoms with E-state index in [4.69, 9.17) is 0 Å². The number of anilines is 1. The Hall–Kier alpha value is -2.73. The van der Waals surface area contributed by atoms with Crippen LogP contribution in [0.4, 0.5) is 10.1 Å². The van der Waals surface area contributed by atoms with Crippen molar-refractivity contribution in [1.29, 1.82) is 0 Å². The van der Waals surface area contributed by atoms with E-state index in [0.29, 0.717) is 30.9 Å². The number of carbonyl (C=O) groups excluding carboxylic acids is 2. The molecule has 0 aliphatic carbocycles. The highest BCUT2D eigenvalue weighted by Crippen LogP contribution is 2.22. The van der Waals surface area contributed by atoms with E-state index in [1.54, 1.807) is 30.3 Å². The summed E-state index contributed by atoms with van der Waals surface area (Å²) in [6.07, 6.45) is 2.60. The Morgan fingerprint density at radius 1 is 1.14 bits per heavy atom. The van der Waals surface area contributed by atoms with Gasteiger partial charge in [0.2, 0.25) is 5.91 Å². The van der Waals surface area contributed by atoms with E-state index in [9.17, 15) is 14.0 Å². The molecule has 29 heavy (non-hydrogen) atoms. The lowest BCUT2D eigenvalue weighted by molar-refractivity contribution is -0.121. The molecule has 0 radical (unpaired) electrons. The smallest absolute Gasteiger partial charge is 0.253 e. The highest BCUT2D eigenvalue weighted by Gasteiger charge is 2.26. The van der Waals surface area contributed by atoms with E-state index in [-0.39, 0.29) is 23.5 Å². The van der Waals surface area contributed by atoms with Gasteiger partial charge in [-0.05, 0) is 55.6 Å². The summed E-state index contributed by atoms with van der Waals surface area (Å²) >= 11 is 0. The second kappa shape index (κ2) is 10.2. The highest BCUT2D eigenvalue weighted by molar-refractivity contribution is 6.04. The number of carbonyl (C=O) groups is 2. The molecule has 0 saturated carbocycles. The van der Waals surface area contributed by atoms with Crippen LogP contribution in [0.3, 0.4) is 0 Å². The summed E-state index contributed by atoms with van der Waals surface area (Å²) in [5.41, 5.74) is 2.06. The summed E-state index contributed by atoms with van der Waals surface area (Å²) in [5, 5.41) is 5.81. The summed E-state index contributed by atoms with van der Waals surface area (Å²) in [5.74, 6) is -0.629. The minimum atomic E-state index is -0.244. The van der Waals surface area contributed by atoms with E-state index in [1.807, 2.05) is 13.0 Å². The van der Waals surface area contributed by atoms with E-state index in [2.05, 4.69) is 15.5 Å². The topological polar surface area (TPSA) is 61.4 Å². The van der Waals surface area contributed by atoms with Crippen molar-refractivity contribution in [2.24, 2.45) is 5.92 Å². The number of nitrogens with zero attached hydrogens (tertiary/aromatic N) is 1. The monoisotopic (exact) mass is 397 g/mol. The Morgan fingerprint density at radius 3 is 2.66 bits per heavy atom. The first-order valence-corrected chi connectivity index (χ1v) is 10.2.